The fraction of sp³-hybridized carbons (Fsp3) is 0.105. The summed E-state index contributed by atoms with van der Waals surface area (Å²) in [7, 11) is 0. The number of halogens is 1. The lowest BCUT2D eigenvalue weighted by Gasteiger charge is -2.09. The predicted octanol–water partition coefficient (Wildman–Crippen LogP) is 3.54. The first-order chi connectivity index (χ1) is 12.6. The maximum absolute atomic E-state index is 12.4. The van der Waals surface area contributed by atoms with Gasteiger partial charge in [-0.05, 0) is 49.4 Å². The minimum absolute atomic E-state index is 0.207. The average Bonchev–Trinajstić information content (AvgIpc) is 2.63. The Labute approximate surface area is 155 Å². The number of aromatic nitrogens is 2. The van der Waals surface area contributed by atoms with E-state index in [9.17, 15) is 9.59 Å². The molecule has 26 heavy (non-hydrogen) atoms. The van der Waals surface area contributed by atoms with Crippen LogP contribution in [0.15, 0.2) is 65.6 Å². The van der Waals surface area contributed by atoms with Crippen LogP contribution in [0.1, 0.15) is 17.4 Å². The third-order valence-electron chi connectivity index (χ3n) is 3.52. The summed E-state index contributed by atoms with van der Waals surface area (Å²) in [5, 5.41) is 7.26. The van der Waals surface area contributed by atoms with E-state index in [0.717, 1.165) is 5.75 Å². The molecule has 0 unspecified atom stereocenters. The second-order valence-electron chi connectivity index (χ2n) is 5.36. The standard InChI is InChI=1S/C19H16ClN3O3/c1-2-26-16-8-6-15(7-9-16)23-11-10-17(24)18(22-23)19(25)21-14-5-3-4-13(20)12-14/h3-12H,2H2,1H3,(H,21,25). The molecule has 0 radical (unpaired) electrons. The molecule has 0 aliphatic heterocycles. The SMILES string of the molecule is CCOc1ccc(-n2ccc(=O)c(C(=O)Nc3cccc(Cl)c3)n2)cc1. The summed E-state index contributed by atoms with van der Waals surface area (Å²) in [4.78, 5) is 24.5. The Bertz CT molecular complexity index is 984. The molecule has 1 amide bonds. The van der Waals surface area contributed by atoms with Crippen LogP contribution in [-0.2, 0) is 0 Å². The van der Waals surface area contributed by atoms with Crippen molar-refractivity contribution in [2.75, 3.05) is 11.9 Å². The molecule has 3 rings (SSSR count). The molecule has 2 aromatic carbocycles. The average molecular weight is 370 g/mol. The van der Waals surface area contributed by atoms with Gasteiger partial charge in [-0.3, -0.25) is 9.59 Å². The van der Waals surface area contributed by atoms with Crippen LogP contribution in [0.4, 0.5) is 5.69 Å². The van der Waals surface area contributed by atoms with Gasteiger partial charge in [-0.25, -0.2) is 4.68 Å². The molecule has 0 saturated heterocycles. The van der Waals surface area contributed by atoms with E-state index >= 15 is 0 Å². The van der Waals surface area contributed by atoms with Gasteiger partial charge < -0.3 is 10.1 Å². The molecule has 0 saturated carbocycles. The van der Waals surface area contributed by atoms with Crippen LogP contribution in [0, 0.1) is 0 Å². The van der Waals surface area contributed by atoms with Crippen LogP contribution in [0.2, 0.25) is 5.02 Å². The van der Waals surface area contributed by atoms with Crippen LogP contribution < -0.4 is 15.5 Å². The number of amides is 1. The first kappa shape index (κ1) is 17.7. The van der Waals surface area contributed by atoms with Crippen molar-refractivity contribution < 1.29 is 9.53 Å². The Hall–Kier alpha value is -3.12. The van der Waals surface area contributed by atoms with Gasteiger partial charge in [-0.15, -0.1) is 0 Å². The molecule has 0 aliphatic carbocycles. The Morgan fingerprint density at radius 2 is 1.96 bits per heavy atom. The molecule has 3 aromatic rings. The van der Waals surface area contributed by atoms with Gasteiger partial charge >= 0.3 is 0 Å². The maximum Gasteiger partial charge on any atom is 0.280 e. The normalized spacial score (nSPS) is 10.4. The second-order valence-corrected chi connectivity index (χ2v) is 5.80. The van der Waals surface area contributed by atoms with Gasteiger partial charge in [0.2, 0.25) is 5.43 Å². The lowest BCUT2D eigenvalue weighted by atomic mass is 10.3. The maximum atomic E-state index is 12.4. The molecule has 0 bridgehead atoms. The molecule has 132 valence electrons. The summed E-state index contributed by atoms with van der Waals surface area (Å²) in [6, 6.07) is 15.1. The lowest BCUT2D eigenvalue weighted by molar-refractivity contribution is 0.101. The lowest BCUT2D eigenvalue weighted by Crippen LogP contribution is -2.25. The molecule has 1 heterocycles. The number of carbonyl (C=O) groups excluding carboxylic acids is 1. The van der Waals surface area contributed by atoms with Crippen molar-refractivity contribution in [2.45, 2.75) is 6.92 Å². The van der Waals surface area contributed by atoms with Gasteiger partial charge in [0, 0.05) is 23.0 Å². The number of hydrogen-bond acceptors (Lipinski definition) is 4. The molecular weight excluding hydrogens is 354 g/mol. The van der Waals surface area contributed by atoms with Gasteiger partial charge in [0.25, 0.3) is 5.91 Å². The summed E-state index contributed by atoms with van der Waals surface area (Å²) < 4.78 is 6.86. The molecule has 7 heteroatoms. The smallest absolute Gasteiger partial charge is 0.280 e. The highest BCUT2D eigenvalue weighted by Crippen LogP contribution is 2.16. The first-order valence-electron chi connectivity index (χ1n) is 7.97. The monoisotopic (exact) mass is 369 g/mol. The van der Waals surface area contributed by atoms with E-state index in [2.05, 4.69) is 10.4 Å². The topological polar surface area (TPSA) is 73.2 Å². The number of rotatable bonds is 5. The number of benzene rings is 2. The minimum Gasteiger partial charge on any atom is -0.494 e. The third-order valence-corrected chi connectivity index (χ3v) is 3.75. The zero-order valence-electron chi connectivity index (χ0n) is 14.0. The zero-order valence-corrected chi connectivity index (χ0v) is 14.7. The van der Waals surface area contributed by atoms with Crippen molar-refractivity contribution in [3.8, 4) is 11.4 Å². The Kier molecular flexibility index (Phi) is 5.34. The van der Waals surface area contributed by atoms with Gasteiger partial charge in [-0.1, -0.05) is 17.7 Å². The number of nitrogens with one attached hydrogen (secondary N) is 1. The van der Waals surface area contributed by atoms with Crippen molar-refractivity contribution in [3.63, 3.8) is 0 Å². The summed E-state index contributed by atoms with van der Waals surface area (Å²) >= 11 is 5.90. The van der Waals surface area contributed by atoms with E-state index in [4.69, 9.17) is 16.3 Å². The van der Waals surface area contributed by atoms with Crippen molar-refractivity contribution in [1.29, 1.82) is 0 Å². The van der Waals surface area contributed by atoms with Crippen molar-refractivity contribution in [2.24, 2.45) is 0 Å². The fourth-order valence-electron chi connectivity index (χ4n) is 2.33. The van der Waals surface area contributed by atoms with Crippen LogP contribution in [0.3, 0.4) is 0 Å². The predicted molar refractivity (Wildman–Crippen MR) is 100 cm³/mol. The number of nitrogens with zero attached hydrogens (tertiary/aromatic N) is 2. The summed E-state index contributed by atoms with van der Waals surface area (Å²) in [6.07, 6.45) is 1.51. The number of anilines is 1. The molecule has 1 aromatic heterocycles. The van der Waals surface area contributed by atoms with Gasteiger partial charge in [0.15, 0.2) is 5.69 Å². The highest BCUT2D eigenvalue weighted by molar-refractivity contribution is 6.30. The highest BCUT2D eigenvalue weighted by atomic mass is 35.5. The number of ether oxygens (including phenoxy) is 1. The molecule has 1 N–H and O–H groups in total. The largest absolute Gasteiger partial charge is 0.494 e. The van der Waals surface area contributed by atoms with E-state index in [1.165, 1.54) is 16.9 Å². The van der Waals surface area contributed by atoms with Gasteiger partial charge in [0.05, 0.1) is 12.3 Å². The first-order valence-corrected chi connectivity index (χ1v) is 8.35. The van der Waals surface area contributed by atoms with Crippen LogP contribution >= 0.6 is 11.6 Å². The summed E-state index contributed by atoms with van der Waals surface area (Å²) in [6.45, 7) is 2.48. The van der Waals surface area contributed by atoms with Crippen LogP contribution in [-0.4, -0.2) is 22.3 Å². The fourth-order valence-corrected chi connectivity index (χ4v) is 2.52. The molecular formula is C19H16ClN3O3. The molecule has 0 aliphatic rings. The molecule has 0 atom stereocenters. The molecule has 0 spiro atoms. The quantitative estimate of drug-likeness (QED) is 0.746. The van der Waals surface area contributed by atoms with E-state index < -0.39 is 11.3 Å². The van der Waals surface area contributed by atoms with Crippen LogP contribution in [0.25, 0.3) is 5.69 Å². The van der Waals surface area contributed by atoms with E-state index in [1.807, 2.05) is 6.92 Å². The highest BCUT2D eigenvalue weighted by Gasteiger charge is 2.14. The summed E-state index contributed by atoms with van der Waals surface area (Å²) in [5.74, 6) is 0.133. The minimum atomic E-state index is -0.599. The van der Waals surface area contributed by atoms with Crippen molar-refractivity contribution >= 4 is 23.2 Å². The Morgan fingerprint density at radius 1 is 1.19 bits per heavy atom. The molecule has 0 fully saturated rings. The third kappa shape index (κ3) is 4.10. The Balaban J connectivity index is 1.87. The van der Waals surface area contributed by atoms with Crippen molar-refractivity contribution in [1.82, 2.24) is 9.78 Å². The van der Waals surface area contributed by atoms with Gasteiger partial charge in [-0.2, -0.15) is 5.10 Å². The summed E-state index contributed by atoms with van der Waals surface area (Å²) in [5.41, 5.74) is 0.513. The van der Waals surface area contributed by atoms with E-state index in [1.54, 1.807) is 48.5 Å². The second kappa shape index (κ2) is 7.84. The zero-order chi connectivity index (χ0) is 18.5. The van der Waals surface area contributed by atoms with Crippen LogP contribution in [0.5, 0.6) is 5.75 Å². The van der Waals surface area contributed by atoms with E-state index in [0.29, 0.717) is 23.0 Å². The Morgan fingerprint density at radius 3 is 2.65 bits per heavy atom. The number of hydrogen-bond donors (Lipinski definition) is 1. The van der Waals surface area contributed by atoms with Crippen molar-refractivity contribution in [3.05, 3.63) is 81.7 Å². The number of carbonyl (C=O) groups is 1. The van der Waals surface area contributed by atoms with E-state index in [-0.39, 0.29) is 5.69 Å². The molecule has 6 nitrogen and oxygen atoms in total. The van der Waals surface area contributed by atoms with Gasteiger partial charge in [0.1, 0.15) is 5.75 Å².